The van der Waals surface area contributed by atoms with E-state index < -0.39 is 11.8 Å². The summed E-state index contributed by atoms with van der Waals surface area (Å²) in [6.07, 6.45) is 6.76. The minimum Gasteiger partial charge on any atom is -0.507 e. The van der Waals surface area contributed by atoms with Crippen LogP contribution < -0.4 is 25.8 Å². The van der Waals surface area contributed by atoms with Crippen molar-refractivity contribution in [2.24, 2.45) is 0 Å². The van der Waals surface area contributed by atoms with Gasteiger partial charge in [0.1, 0.15) is 5.75 Å². The van der Waals surface area contributed by atoms with Crippen LogP contribution in [0.4, 0.5) is 34.9 Å². The number of rotatable bonds is 8. The number of anilines is 6. The third kappa shape index (κ3) is 7.43. The largest absolute Gasteiger partial charge is 0.507 e. The van der Waals surface area contributed by atoms with Crippen LogP contribution in [0, 0.1) is 0 Å². The van der Waals surface area contributed by atoms with E-state index in [1.165, 1.54) is 31.0 Å². The highest BCUT2D eigenvalue weighted by atomic mass is 35.5. The topological polar surface area (TPSA) is 136 Å². The maximum atomic E-state index is 13.6. The van der Waals surface area contributed by atoms with Gasteiger partial charge in [-0.05, 0) is 87.1 Å². The van der Waals surface area contributed by atoms with Gasteiger partial charge in [-0.3, -0.25) is 9.59 Å². The molecule has 12 heteroatoms. The highest BCUT2D eigenvalue weighted by molar-refractivity contribution is 6.31. The molecule has 0 radical (unpaired) electrons. The maximum Gasteiger partial charge on any atom is 0.259 e. The summed E-state index contributed by atoms with van der Waals surface area (Å²) in [7, 11) is 0. The number of aromatic hydroxyl groups is 1. The number of hydrogen-bond acceptors (Lipinski definition) is 9. The Labute approximate surface area is 266 Å². The summed E-state index contributed by atoms with van der Waals surface area (Å²) in [4.78, 5) is 45.5. The fourth-order valence-corrected chi connectivity index (χ4v) is 5.70. The van der Waals surface area contributed by atoms with E-state index >= 15 is 0 Å². The number of phenolic OH excluding ortho intramolecular Hbond substituents is 1. The minimum absolute atomic E-state index is 0.0247. The Morgan fingerprint density at radius 2 is 1.29 bits per heavy atom. The second-order valence-corrected chi connectivity index (χ2v) is 11.6. The molecular weight excluding hydrogens is 592 g/mol. The van der Waals surface area contributed by atoms with E-state index in [9.17, 15) is 14.7 Å². The number of nitrogens with one attached hydrogen (secondary N) is 3. The average Bonchev–Trinajstić information content (AvgIpc) is 3.06. The number of para-hydroxylation sites is 1. The Balaban J connectivity index is 1.32. The third-order valence-corrected chi connectivity index (χ3v) is 8.13. The molecular formula is C33H35ClN8O3. The first-order chi connectivity index (χ1) is 21.9. The van der Waals surface area contributed by atoms with Crippen LogP contribution in [-0.2, 0) is 0 Å². The van der Waals surface area contributed by atoms with Crippen LogP contribution in [-0.4, -0.2) is 58.1 Å². The van der Waals surface area contributed by atoms with Gasteiger partial charge in [0.15, 0.2) is 0 Å². The van der Waals surface area contributed by atoms with E-state index in [4.69, 9.17) is 26.6 Å². The summed E-state index contributed by atoms with van der Waals surface area (Å²) in [5, 5.41) is 19.5. The van der Waals surface area contributed by atoms with Crippen LogP contribution in [0.5, 0.6) is 5.75 Å². The number of phenols is 1. The van der Waals surface area contributed by atoms with Crippen LogP contribution >= 0.6 is 11.6 Å². The van der Waals surface area contributed by atoms with Crippen molar-refractivity contribution in [3.63, 3.8) is 0 Å². The minimum atomic E-state index is -0.589. The predicted octanol–water partition coefficient (Wildman–Crippen LogP) is 6.46. The van der Waals surface area contributed by atoms with Gasteiger partial charge in [0.05, 0.1) is 16.8 Å². The number of halogens is 1. The van der Waals surface area contributed by atoms with Crippen molar-refractivity contribution >= 4 is 58.3 Å². The van der Waals surface area contributed by atoms with Gasteiger partial charge in [0.25, 0.3) is 11.8 Å². The Morgan fingerprint density at radius 3 is 1.91 bits per heavy atom. The summed E-state index contributed by atoms with van der Waals surface area (Å²) < 4.78 is 0. The first-order valence-corrected chi connectivity index (χ1v) is 15.6. The molecule has 2 amide bonds. The van der Waals surface area contributed by atoms with Crippen molar-refractivity contribution in [3.05, 3.63) is 82.9 Å². The van der Waals surface area contributed by atoms with Crippen molar-refractivity contribution < 1.29 is 14.7 Å². The lowest BCUT2D eigenvalue weighted by atomic mass is 10.1. The summed E-state index contributed by atoms with van der Waals surface area (Å²) >= 11 is 5.95. The Morgan fingerprint density at radius 1 is 0.667 bits per heavy atom. The van der Waals surface area contributed by atoms with Crippen molar-refractivity contribution in [3.8, 4) is 5.75 Å². The molecule has 3 aromatic carbocycles. The number of carbonyl (C=O) groups is 2. The monoisotopic (exact) mass is 626 g/mol. The fourth-order valence-electron chi connectivity index (χ4n) is 5.53. The normalized spacial score (nSPS) is 15.0. The number of aromatic nitrogens is 3. The maximum absolute atomic E-state index is 13.6. The lowest BCUT2D eigenvalue weighted by Crippen LogP contribution is -2.34. The number of piperidine rings is 2. The molecule has 0 bridgehead atoms. The van der Waals surface area contributed by atoms with Crippen LogP contribution in [0.25, 0.3) is 0 Å². The van der Waals surface area contributed by atoms with Gasteiger partial charge < -0.3 is 30.9 Å². The van der Waals surface area contributed by atoms with Crippen LogP contribution in [0.2, 0.25) is 5.02 Å². The molecule has 3 heterocycles. The first kappa shape index (κ1) is 30.1. The van der Waals surface area contributed by atoms with Gasteiger partial charge in [-0.1, -0.05) is 29.8 Å². The van der Waals surface area contributed by atoms with E-state index in [-0.39, 0.29) is 22.6 Å². The summed E-state index contributed by atoms with van der Waals surface area (Å²) in [6.45, 7) is 3.57. The zero-order chi connectivity index (χ0) is 31.2. The van der Waals surface area contributed by atoms with E-state index in [2.05, 4.69) is 25.8 Å². The van der Waals surface area contributed by atoms with E-state index in [0.717, 1.165) is 51.9 Å². The Kier molecular flexibility index (Phi) is 9.25. The number of nitrogens with zero attached hydrogens (tertiary/aromatic N) is 5. The molecule has 45 heavy (non-hydrogen) atoms. The molecule has 1 aromatic heterocycles. The summed E-state index contributed by atoms with van der Waals surface area (Å²) in [5.41, 5.74) is 1.64. The van der Waals surface area contributed by atoms with Gasteiger partial charge in [-0.15, -0.1) is 0 Å². The Bertz CT molecular complexity index is 1640. The Hall–Kier alpha value is -4.90. The van der Waals surface area contributed by atoms with Crippen molar-refractivity contribution in [2.45, 2.75) is 38.5 Å². The molecule has 2 aliphatic heterocycles. The van der Waals surface area contributed by atoms with Gasteiger partial charge in [-0.25, -0.2) is 0 Å². The number of benzene rings is 3. The van der Waals surface area contributed by atoms with Crippen LogP contribution in [0.15, 0.2) is 66.7 Å². The van der Waals surface area contributed by atoms with Crippen molar-refractivity contribution in [1.82, 2.24) is 15.0 Å². The third-order valence-electron chi connectivity index (χ3n) is 7.89. The average molecular weight is 627 g/mol. The molecule has 4 aromatic rings. The molecule has 11 nitrogen and oxygen atoms in total. The quantitative estimate of drug-likeness (QED) is 0.174. The second-order valence-electron chi connectivity index (χ2n) is 11.2. The lowest BCUT2D eigenvalue weighted by Gasteiger charge is -2.30. The van der Waals surface area contributed by atoms with E-state index in [0.29, 0.717) is 34.2 Å². The van der Waals surface area contributed by atoms with E-state index in [1.54, 1.807) is 30.3 Å². The van der Waals surface area contributed by atoms with Gasteiger partial charge in [0, 0.05) is 42.6 Å². The molecule has 232 valence electrons. The van der Waals surface area contributed by atoms with Gasteiger partial charge in [0.2, 0.25) is 17.8 Å². The smallest absolute Gasteiger partial charge is 0.259 e. The highest BCUT2D eigenvalue weighted by Crippen LogP contribution is 2.29. The summed E-state index contributed by atoms with van der Waals surface area (Å²) in [5.74, 6) is 0.372. The standard InChI is InChI=1S/C33H35ClN8O3/c34-22-12-14-25(28(43)20-22)29(44)37-27-15-13-24(21-26(27)30(45)35-23-10-4-1-5-11-23)36-31-38-32(41-16-6-2-7-17-41)40-33(39-31)42-18-8-3-9-19-42/h1,4-5,10-15,20-21,43H,2-3,6-9,16-19H2,(H,35,45)(H,37,44)(H,36,38,39,40). The van der Waals surface area contributed by atoms with Crippen LogP contribution in [0.1, 0.15) is 59.2 Å². The SMILES string of the molecule is O=C(Nc1ccc(Nc2nc(N3CCCCC3)nc(N3CCCCC3)n2)cc1C(=O)Nc1ccccc1)c1ccc(Cl)cc1O. The highest BCUT2D eigenvalue weighted by Gasteiger charge is 2.22. The molecule has 0 unspecified atom stereocenters. The molecule has 2 saturated heterocycles. The van der Waals surface area contributed by atoms with E-state index in [1.807, 2.05) is 18.2 Å². The second kappa shape index (κ2) is 13.8. The molecule has 0 atom stereocenters. The predicted molar refractivity (Wildman–Crippen MR) is 177 cm³/mol. The van der Waals surface area contributed by atoms with Crippen LogP contribution in [0.3, 0.4) is 0 Å². The summed E-state index contributed by atoms with van der Waals surface area (Å²) in [6, 6.07) is 18.3. The number of amides is 2. The first-order valence-electron chi connectivity index (χ1n) is 15.3. The van der Waals surface area contributed by atoms with Gasteiger partial charge >= 0.3 is 0 Å². The van der Waals surface area contributed by atoms with Crippen molar-refractivity contribution in [1.29, 1.82) is 0 Å². The van der Waals surface area contributed by atoms with Crippen molar-refractivity contribution in [2.75, 3.05) is 51.9 Å². The fraction of sp³-hybridized carbons (Fsp3) is 0.303. The molecule has 0 saturated carbocycles. The molecule has 4 N–H and O–H groups in total. The number of carbonyl (C=O) groups excluding carboxylic acids is 2. The van der Waals surface area contributed by atoms with Gasteiger partial charge in [-0.2, -0.15) is 15.0 Å². The zero-order valence-corrected chi connectivity index (χ0v) is 25.6. The zero-order valence-electron chi connectivity index (χ0n) is 24.8. The molecule has 2 aliphatic rings. The molecule has 2 fully saturated rings. The molecule has 0 aliphatic carbocycles. The molecule has 6 rings (SSSR count). The lowest BCUT2D eigenvalue weighted by molar-refractivity contribution is 0.102. The number of hydrogen-bond donors (Lipinski definition) is 4. The molecule has 0 spiro atoms.